The zero-order valence-electron chi connectivity index (χ0n) is 15.4. The fourth-order valence-corrected chi connectivity index (χ4v) is 2.84. The third kappa shape index (κ3) is 3.88. The maximum atomic E-state index is 13.1. The lowest BCUT2D eigenvalue weighted by atomic mass is 10.2. The van der Waals surface area contributed by atoms with Crippen molar-refractivity contribution in [2.45, 2.75) is 32.9 Å². The highest BCUT2D eigenvalue weighted by molar-refractivity contribution is 6.07. The van der Waals surface area contributed by atoms with Gasteiger partial charge in [0.15, 0.2) is 5.69 Å². The summed E-state index contributed by atoms with van der Waals surface area (Å²) in [7, 11) is 0. The van der Waals surface area contributed by atoms with Crippen molar-refractivity contribution in [3.63, 3.8) is 0 Å². The fourth-order valence-electron chi connectivity index (χ4n) is 2.84. The first-order valence-corrected chi connectivity index (χ1v) is 8.89. The lowest BCUT2D eigenvalue weighted by Crippen LogP contribution is -2.41. The number of nitrogen functional groups attached to an aromatic ring is 1. The van der Waals surface area contributed by atoms with Gasteiger partial charge >= 0.3 is 5.69 Å². The van der Waals surface area contributed by atoms with Crippen molar-refractivity contribution in [1.82, 2.24) is 14.5 Å². The number of anilines is 2. The molecule has 3 heterocycles. The Kier molecular flexibility index (Phi) is 5.73. The average Bonchev–Trinajstić information content (AvgIpc) is 3.20. The molecule has 0 unspecified atom stereocenters. The molecule has 3 N–H and O–H groups in total. The topological polar surface area (TPSA) is 127 Å². The van der Waals surface area contributed by atoms with Crippen molar-refractivity contribution in [3.8, 4) is 0 Å². The number of carbonyl (C=O) groups excluding carboxylic acids is 1. The van der Waals surface area contributed by atoms with Crippen LogP contribution in [-0.4, -0.2) is 20.4 Å². The van der Waals surface area contributed by atoms with E-state index in [4.69, 9.17) is 10.2 Å². The number of carbonyl (C=O) groups is 1. The SMILES string of the molecule is CCCCn1c(N)c(N(Cc2ccco2)C(=O)c2ccncc2)c(=O)[nH]c1=O. The first-order valence-electron chi connectivity index (χ1n) is 8.89. The summed E-state index contributed by atoms with van der Waals surface area (Å²) >= 11 is 0. The minimum atomic E-state index is -0.732. The molecule has 0 saturated carbocycles. The maximum Gasteiger partial charge on any atom is 0.330 e. The smallest absolute Gasteiger partial charge is 0.330 e. The van der Waals surface area contributed by atoms with E-state index in [1.165, 1.54) is 40.3 Å². The molecule has 1 amide bonds. The summed E-state index contributed by atoms with van der Waals surface area (Å²) in [6.07, 6.45) is 5.97. The Balaban J connectivity index is 2.13. The molecule has 28 heavy (non-hydrogen) atoms. The van der Waals surface area contributed by atoms with Gasteiger partial charge in [-0.3, -0.25) is 29.0 Å². The molecule has 3 aromatic rings. The summed E-state index contributed by atoms with van der Waals surface area (Å²) in [4.78, 5) is 45.3. The second kappa shape index (κ2) is 8.38. The molecule has 0 radical (unpaired) electrons. The molecule has 0 aliphatic carbocycles. The van der Waals surface area contributed by atoms with Gasteiger partial charge in [-0.05, 0) is 30.7 Å². The number of pyridine rings is 1. The van der Waals surface area contributed by atoms with Crippen LogP contribution in [0.5, 0.6) is 0 Å². The van der Waals surface area contributed by atoms with Crippen LogP contribution in [-0.2, 0) is 13.1 Å². The summed E-state index contributed by atoms with van der Waals surface area (Å²) in [5.74, 6) is -0.0552. The van der Waals surface area contributed by atoms with Gasteiger partial charge in [0, 0.05) is 24.5 Å². The van der Waals surface area contributed by atoms with Crippen molar-refractivity contribution in [1.29, 1.82) is 0 Å². The van der Waals surface area contributed by atoms with Crippen LogP contribution in [0, 0.1) is 0 Å². The van der Waals surface area contributed by atoms with Crippen LogP contribution >= 0.6 is 0 Å². The van der Waals surface area contributed by atoms with Crippen LogP contribution in [0.2, 0.25) is 0 Å². The maximum absolute atomic E-state index is 13.1. The van der Waals surface area contributed by atoms with E-state index in [0.717, 1.165) is 6.42 Å². The molecule has 0 bridgehead atoms. The number of nitrogens with two attached hydrogens (primary N) is 1. The molecule has 3 aromatic heterocycles. The Bertz CT molecular complexity index is 1050. The predicted molar refractivity (Wildman–Crippen MR) is 104 cm³/mol. The van der Waals surface area contributed by atoms with Gasteiger partial charge in [-0.25, -0.2) is 4.79 Å². The van der Waals surface area contributed by atoms with Gasteiger partial charge in [0.2, 0.25) is 0 Å². The predicted octanol–water partition coefficient (Wildman–Crippen LogP) is 1.75. The Morgan fingerprint density at radius 2 is 2.04 bits per heavy atom. The monoisotopic (exact) mass is 383 g/mol. The first kappa shape index (κ1) is 19.2. The van der Waals surface area contributed by atoms with Crippen molar-refractivity contribution in [2.24, 2.45) is 0 Å². The van der Waals surface area contributed by atoms with E-state index in [-0.39, 0.29) is 18.1 Å². The van der Waals surface area contributed by atoms with E-state index in [1.54, 1.807) is 12.1 Å². The van der Waals surface area contributed by atoms with E-state index in [0.29, 0.717) is 24.3 Å². The zero-order chi connectivity index (χ0) is 20.1. The van der Waals surface area contributed by atoms with Gasteiger partial charge in [0.25, 0.3) is 11.5 Å². The third-order valence-electron chi connectivity index (χ3n) is 4.29. The van der Waals surface area contributed by atoms with Gasteiger partial charge in [-0.1, -0.05) is 13.3 Å². The van der Waals surface area contributed by atoms with Crippen LogP contribution in [0.3, 0.4) is 0 Å². The largest absolute Gasteiger partial charge is 0.467 e. The number of nitrogens with zero attached hydrogens (tertiary/aromatic N) is 3. The number of hydrogen-bond donors (Lipinski definition) is 2. The summed E-state index contributed by atoms with van der Waals surface area (Å²) in [6.45, 7) is 2.29. The molecule has 0 aliphatic rings. The Hall–Kier alpha value is -3.62. The number of aromatic amines is 1. The van der Waals surface area contributed by atoms with E-state index < -0.39 is 17.2 Å². The molecule has 146 valence electrons. The van der Waals surface area contributed by atoms with E-state index in [9.17, 15) is 14.4 Å². The first-order chi connectivity index (χ1) is 13.5. The van der Waals surface area contributed by atoms with Crippen LogP contribution in [0.4, 0.5) is 11.5 Å². The summed E-state index contributed by atoms with van der Waals surface area (Å²) in [6, 6.07) is 6.44. The molecule has 0 aromatic carbocycles. The summed E-state index contributed by atoms with van der Waals surface area (Å²) in [5, 5.41) is 0. The number of aromatic nitrogens is 3. The number of rotatable bonds is 7. The highest BCUT2D eigenvalue weighted by Gasteiger charge is 2.26. The second-order valence-electron chi connectivity index (χ2n) is 6.20. The van der Waals surface area contributed by atoms with Gasteiger partial charge < -0.3 is 10.2 Å². The zero-order valence-corrected chi connectivity index (χ0v) is 15.4. The second-order valence-corrected chi connectivity index (χ2v) is 6.20. The Morgan fingerprint density at radius 3 is 2.68 bits per heavy atom. The molecule has 9 nitrogen and oxygen atoms in total. The molecule has 0 aliphatic heterocycles. The minimum Gasteiger partial charge on any atom is -0.467 e. The third-order valence-corrected chi connectivity index (χ3v) is 4.29. The van der Waals surface area contributed by atoms with Crippen LogP contribution in [0.1, 0.15) is 35.9 Å². The number of hydrogen-bond acceptors (Lipinski definition) is 6. The molecule has 0 spiro atoms. The van der Waals surface area contributed by atoms with E-state index >= 15 is 0 Å². The summed E-state index contributed by atoms with van der Waals surface area (Å²) < 4.78 is 6.62. The lowest BCUT2D eigenvalue weighted by Gasteiger charge is -2.23. The average molecular weight is 383 g/mol. The van der Waals surface area contributed by atoms with Crippen LogP contribution in [0.15, 0.2) is 56.9 Å². The van der Waals surface area contributed by atoms with Gasteiger partial charge in [-0.2, -0.15) is 0 Å². The quantitative estimate of drug-likeness (QED) is 0.640. The van der Waals surface area contributed by atoms with Gasteiger partial charge in [0.1, 0.15) is 11.6 Å². The lowest BCUT2D eigenvalue weighted by molar-refractivity contribution is 0.0982. The number of unbranched alkanes of at least 4 members (excludes halogenated alkanes) is 1. The highest BCUT2D eigenvalue weighted by atomic mass is 16.3. The molecule has 0 fully saturated rings. The minimum absolute atomic E-state index is 0.0204. The molecule has 9 heteroatoms. The Morgan fingerprint density at radius 1 is 1.29 bits per heavy atom. The fraction of sp³-hybridized carbons (Fsp3) is 0.263. The van der Waals surface area contributed by atoms with Gasteiger partial charge in [0.05, 0.1) is 12.8 Å². The normalized spacial score (nSPS) is 10.8. The number of furan rings is 1. The van der Waals surface area contributed by atoms with Crippen molar-refractivity contribution < 1.29 is 9.21 Å². The Labute approximate surface area is 160 Å². The molecular formula is C19H21N5O4. The standard InChI is InChI=1S/C19H21N5O4/c1-2-3-10-23-16(20)15(17(25)22-19(23)27)24(12-14-5-4-11-28-14)18(26)13-6-8-21-9-7-13/h4-9,11H,2-3,10,12,20H2,1H3,(H,22,25,27). The molecule has 0 atom stereocenters. The molecule has 0 saturated heterocycles. The van der Waals surface area contributed by atoms with Crippen molar-refractivity contribution in [3.05, 3.63) is 75.1 Å². The van der Waals surface area contributed by atoms with Crippen LogP contribution in [0.25, 0.3) is 0 Å². The molecular weight excluding hydrogens is 362 g/mol. The summed E-state index contributed by atoms with van der Waals surface area (Å²) in [5.41, 5.74) is 5.08. The van der Waals surface area contributed by atoms with Crippen molar-refractivity contribution in [2.75, 3.05) is 10.6 Å². The number of nitrogens with one attached hydrogen (secondary N) is 1. The highest BCUT2D eigenvalue weighted by Crippen LogP contribution is 2.22. The number of amides is 1. The van der Waals surface area contributed by atoms with E-state index in [1.807, 2.05) is 6.92 Å². The number of H-pyrrole nitrogens is 1. The van der Waals surface area contributed by atoms with Gasteiger partial charge in [-0.15, -0.1) is 0 Å². The van der Waals surface area contributed by atoms with Crippen LogP contribution < -0.4 is 21.9 Å². The van der Waals surface area contributed by atoms with Crippen molar-refractivity contribution >= 4 is 17.4 Å². The molecule has 3 rings (SSSR count). The van der Waals surface area contributed by atoms with E-state index in [2.05, 4.69) is 9.97 Å².